The Morgan fingerprint density at radius 3 is 2.75 bits per heavy atom. The van der Waals surface area contributed by atoms with Gasteiger partial charge in [0, 0.05) is 18.0 Å². The molecule has 0 saturated carbocycles. The minimum atomic E-state index is -0.954. The summed E-state index contributed by atoms with van der Waals surface area (Å²) in [6.07, 6.45) is 6.93. The first-order valence-electron chi connectivity index (χ1n) is 4.82. The van der Waals surface area contributed by atoms with Crippen molar-refractivity contribution in [1.82, 2.24) is 4.98 Å². The normalized spacial score (nSPS) is 12.0. The standard InChI is InChI=1S/C12H14N2O2/c1-4-9(5-6-13-3)10-7-14-11(8(10)2)12(15)16/h4-7,14H,3H2,1-2H3,(H,15,16)/b6-5-,9-4+. The lowest BCUT2D eigenvalue weighted by atomic mass is 10.0. The summed E-state index contributed by atoms with van der Waals surface area (Å²) >= 11 is 0. The number of H-pyrrole nitrogens is 1. The van der Waals surface area contributed by atoms with Crippen LogP contribution in [0.3, 0.4) is 0 Å². The van der Waals surface area contributed by atoms with Crippen LogP contribution in [0.25, 0.3) is 5.57 Å². The highest BCUT2D eigenvalue weighted by molar-refractivity contribution is 5.90. The molecule has 0 aromatic carbocycles. The summed E-state index contributed by atoms with van der Waals surface area (Å²) in [5.74, 6) is -0.954. The number of rotatable bonds is 4. The molecule has 2 N–H and O–H groups in total. The second-order valence-corrected chi connectivity index (χ2v) is 3.25. The third kappa shape index (κ3) is 2.28. The molecule has 0 atom stereocenters. The maximum Gasteiger partial charge on any atom is 0.352 e. The maximum atomic E-state index is 10.9. The molecule has 0 aliphatic rings. The smallest absolute Gasteiger partial charge is 0.352 e. The molecular formula is C12H14N2O2. The summed E-state index contributed by atoms with van der Waals surface area (Å²) in [7, 11) is 0. The molecule has 1 aromatic heterocycles. The molecule has 0 amide bonds. The predicted molar refractivity (Wildman–Crippen MR) is 64.8 cm³/mol. The molecule has 0 aliphatic heterocycles. The quantitative estimate of drug-likeness (QED) is 0.602. The van der Waals surface area contributed by atoms with Crippen molar-refractivity contribution < 1.29 is 9.90 Å². The number of nitrogens with one attached hydrogen (secondary N) is 1. The van der Waals surface area contributed by atoms with Crippen molar-refractivity contribution in [2.24, 2.45) is 4.99 Å². The Balaban J connectivity index is 3.18. The lowest BCUT2D eigenvalue weighted by Crippen LogP contribution is -1.98. The van der Waals surface area contributed by atoms with Gasteiger partial charge in [0.25, 0.3) is 0 Å². The van der Waals surface area contributed by atoms with Crippen LogP contribution in [-0.4, -0.2) is 22.8 Å². The molecule has 1 heterocycles. The first-order chi connectivity index (χ1) is 7.61. The number of carbonyl (C=O) groups is 1. The molecule has 0 unspecified atom stereocenters. The average Bonchev–Trinajstić information content (AvgIpc) is 2.62. The zero-order chi connectivity index (χ0) is 12.1. The number of aromatic carboxylic acids is 1. The van der Waals surface area contributed by atoms with Crippen molar-refractivity contribution in [3.05, 3.63) is 41.4 Å². The van der Waals surface area contributed by atoms with Crippen LogP contribution in [0.2, 0.25) is 0 Å². The van der Waals surface area contributed by atoms with Crippen LogP contribution >= 0.6 is 0 Å². The molecule has 1 aromatic rings. The van der Waals surface area contributed by atoms with Crippen LogP contribution in [0.1, 0.15) is 28.5 Å². The maximum absolute atomic E-state index is 10.9. The highest BCUT2D eigenvalue weighted by Crippen LogP contribution is 2.22. The molecule has 0 radical (unpaired) electrons. The van der Waals surface area contributed by atoms with Crippen LogP contribution in [0, 0.1) is 6.92 Å². The lowest BCUT2D eigenvalue weighted by Gasteiger charge is -2.00. The summed E-state index contributed by atoms with van der Waals surface area (Å²) in [6.45, 7) is 7.01. The van der Waals surface area contributed by atoms with E-state index >= 15 is 0 Å². The Morgan fingerprint density at radius 1 is 1.62 bits per heavy atom. The number of hydrogen-bond acceptors (Lipinski definition) is 2. The molecule has 0 aliphatic carbocycles. The van der Waals surface area contributed by atoms with Crippen molar-refractivity contribution in [3.63, 3.8) is 0 Å². The third-order valence-electron chi connectivity index (χ3n) is 2.34. The van der Waals surface area contributed by atoms with E-state index in [4.69, 9.17) is 5.11 Å². The molecule has 16 heavy (non-hydrogen) atoms. The molecule has 1 rings (SSSR count). The van der Waals surface area contributed by atoms with Gasteiger partial charge in [0.2, 0.25) is 0 Å². The van der Waals surface area contributed by atoms with E-state index < -0.39 is 5.97 Å². The van der Waals surface area contributed by atoms with Gasteiger partial charge in [0.15, 0.2) is 0 Å². The SMILES string of the molecule is C=N/C=C\C(=C/C)c1c[nH]c(C(=O)O)c1C. The van der Waals surface area contributed by atoms with Crippen LogP contribution in [0.15, 0.2) is 29.5 Å². The molecule has 4 heteroatoms. The summed E-state index contributed by atoms with van der Waals surface area (Å²) in [5, 5.41) is 8.91. The highest BCUT2D eigenvalue weighted by atomic mass is 16.4. The van der Waals surface area contributed by atoms with Gasteiger partial charge < -0.3 is 10.1 Å². The summed E-state index contributed by atoms with van der Waals surface area (Å²) in [6, 6.07) is 0. The Labute approximate surface area is 94.0 Å². The van der Waals surface area contributed by atoms with Crippen molar-refractivity contribution in [2.75, 3.05) is 0 Å². The molecule has 0 spiro atoms. The van der Waals surface area contributed by atoms with Gasteiger partial charge in [-0.15, -0.1) is 0 Å². The number of aromatic amines is 1. The fraction of sp³-hybridized carbons (Fsp3) is 0.167. The van der Waals surface area contributed by atoms with Gasteiger partial charge in [0.05, 0.1) is 0 Å². The predicted octanol–water partition coefficient (Wildman–Crippen LogP) is 2.64. The van der Waals surface area contributed by atoms with E-state index in [2.05, 4.69) is 16.7 Å². The van der Waals surface area contributed by atoms with Gasteiger partial charge in [0.1, 0.15) is 5.69 Å². The molecule has 0 fully saturated rings. The van der Waals surface area contributed by atoms with E-state index in [0.717, 1.165) is 11.1 Å². The molecule has 4 nitrogen and oxygen atoms in total. The molecule has 84 valence electrons. The van der Waals surface area contributed by atoms with E-state index in [1.807, 2.05) is 13.0 Å². The number of aromatic nitrogens is 1. The zero-order valence-corrected chi connectivity index (χ0v) is 9.32. The highest BCUT2D eigenvalue weighted by Gasteiger charge is 2.13. The van der Waals surface area contributed by atoms with Crippen LogP contribution in [-0.2, 0) is 0 Å². The van der Waals surface area contributed by atoms with E-state index in [-0.39, 0.29) is 5.69 Å². The van der Waals surface area contributed by atoms with E-state index in [0.29, 0.717) is 5.56 Å². The lowest BCUT2D eigenvalue weighted by molar-refractivity contribution is 0.0690. The van der Waals surface area contributed by atoms with Crippen molar-refractivity contribution >= 4 is 18.3 Å². The summed E-state index contributed by atoms with van der Waals surface area (Å²) in [5.41, 5.74) is 2.71. The fourth-order valence-corrected chi connectivity index (χ4v) is 1.49. The first kappa shape index (κ1) is 12.0. The Hall–Kier alpha value is -2.10. The number of allylic oxidation sites excluding steroid dienone is 3. The minimum absolute atomic E-state index is 0.217. The first-order valence-corrected chi connectivity index (χ1v) is 4.82. The van der Waals surface area contributed by atoms with E-state index in [1.54, 1.807) is 25.4 Å². The molecular weight excluding hydrogens is 204 g/mol. The summed E-state index contributed by atoms with van der Waals surface area (Å²) in [4.78, 5) is 17.2. The van der Waals surface area contributed by atoms with Crippen LogP contribution in [0.4, 0.5) is 0 Å². The molecule has 0 bridgehead atoms. The topological polar surface area (TPSA) is 65.5 Å². The third-order valence-corrected chi connectivity index (χ3v) is 2.34. The van der Waals surface area contributed by atoms with Gasteiger partial charge in [-0.3, -0.25) is 4.99 Å². The van der Waals surface area contributed by atoms with Gasteiger partial charge in [-0.25, -0.2) is 4.79 Å². The average molecular weight is 218 g/mol. The van der Waals surface area contributed by atoms with E-state index in [1.165, 1.54) is 0 Å². The van der Waals surface area contributed by atoms with Gasteiger partial charge >= 0.3 is 5.97 Å². The fourth-order valence-electron chi connectivity index (χ4n) is 1.49. The van der Waals surface area contributed by atoms with Gasteiger partial charge in [-0.1, -0.05) is 6.08 Å². The Morgan fingerprint density at radius 2 is 2.31 bits per heavy atom. The van der Waals surface area contributed by atoms with Crippen LogP contribution in [0.5, 0.6) is 0 Å². The zero-order valence-electron chi connectivity index (χ0n) is 9.32. The Kier molecular flexibility index (Phi) is 3.83. The largest absolute Gasteiger partial charge is 0.477 e. The van der Waals surface area contributed by atoms with Crippen molar-refractivity contribution in [3.8, 4) is 0 Å². The second kappa shape index (κ2) is 5.11. The number of carboxylic acid groups (broad SMARTS) is 1. The number of hydrogen-bond donors (Lipinski definition) is 2. The van der Waals surface area contributed by atoms with Crippen LogP contribution < -0.4 is 0 Å². The van der Waals surface area contributed by atoms with Gasteiger partial charge in [-0.2, -0.15) is 0 Å². The Bertz CT molecular complexity index is 467. The number of carboxylic acids is 1. The van der Waals surface area contributed by atoms with Crippen molar-refractivity contribution in [1.29, 1.82) is 0 Å². The minimum Gasteiger partial charge on any atom is -0.477 e. The number of aliphatic imine (C=N–C) groups is 1. The number of nitrogens with zero attached hydrogens (tertiary/aromatic N) is 1. The van der Waals surface area contributed by atoms with Gasteiger partial charge in [-0.05, 0) is 37.8 Å². The summed E-state index contributed by atoms with van der Waals surface area (Å²) < 4.78 is 0. The second-order valence-electron chi connectivity index (χ2n) is 3.25. The monoisotopic (exact) mass is 218 g/mol. The molecule has 0 saturated heterocycles. The van der Waals surface area contributed by atoms with E-state index in [9.17, 15) is 4.79 Å². The van der Waals surface area contributed by atoms with Crippen molar-refractivity contribution in [2.45, 2.75) is 13.8 Å².